The SMILES string of the molecule is CC(C)c1ccc(NC(=O)[C@@H](C)OC(=O)C2CCN(C(=O)OC(C)(C)C)CC2)cc1. The molecule has 0 aliphatic carbocycles. The average Bonchev–Trinajstić information content (AvgIpc) is 2.67. The number of hydrogen-bond acceptors (Lipinski definition) is 5. The monoisotopic (exact) mass is 418 g/mol. The Morgan fingerprint density at radius 3 is 2.10 bits per heavy atom. The van der Waals surface area contributed by atoms with Gasteiger partial charge in [-0.25, -0.2) is 4.79 Å². The number of carbonyl (C=O) groups is 3. The maximum Gasteiger partial charge on any atom is 0.410 e. The second-order valence-corrected chi connectivity index (χ2v) is 9.09. The molecule has 7 heteroatoms. The zero-order valence-electron chi connectivity index (χ0n) is 18.9. The molecule has 0 bridgehead atoms. The van der Waals surface area contributed by atoms with Crippen LogP contribution < -0.4 is 5.32 Å². The first-order valence-corrected chi connectivity index (χ1v) is 10.6. The fourth-order valence-electron chi connectivity index (χ4n) is 3.14. The van der Waals surface area contributed by atoms with E-state index in [0.29, 0.717) is 37.5 Å². The van der Waals surface area contributed by atoms with Gasteiger partial charge in [0.15, 0.2) is 6.10 Å². The largest absolute Gasteiger partial charge is 0.452 e. The minimum Gasteiger partial charge on any atom is -0.452 e. The number of nitrogens with zero attached hydrogens (tertiary/aromatic N) is 1. The third-order valence-electron chi connectivity index (χ3n) is 4.99. The van der Waals surface area contributed by atoms with Crippen LogP contribution in [0.4, 0.5) is 10.5 Å². The van der Waals surface area contributed by atoms with E-state index in [4.69, 9.17) is 9.47 Å². The Balaban J connectivity index is 1.80. The van der Waals surface area contributed by atoms with Crippen LogP contribution in [-0.4, -0.2) is 47.7 Å². The zero-order valence-corrected chi connectivity index (χ0v) is 18.9. The van der Waals surface area contributed by atoms with Crippen molar-refractivity contribution >= 4 is 23.7 Å². The molecule has 1 aromatic rings. The summed E-state index contributed by atoms with van der Waals surface area (Å²) in [6, 6.07) is 7.62. The van der Waals surface area contributed by atoms with E-state index in [9.17, 15) is 14.4 Å². The van der Waals surface area contributed by atoms with Crippen LogP contribution in [0.25, 0.3) is 0 Å². The summed E-state index contributed by atoms with van der Waals surface area (Å²) in [5.74, 6) is -0.691. The van der Waals surface area contributed by atoms with Gasteiger partial charge in [0.2, 0.25) is 0 Å². The van der Waals surface area contributed by atoms with Crippen LogP contribution in [0.5, 0.6) is 0 Å². The molecule has 0 aromatic heterocycles. The van der Waals surface area contributed by atoms with E-state index in [1.54, 1.807) is 11.8 Å². The van der Waals surface area contributed by atoms with Crippen molar-refractivity contribution in [3.05, 3.63) is 29.8 Å². The van der Waals surface area contributed by atoms with Crippen LogP contribution >= 0.6 is 0 Å². The number of nitrogens with one attached hydrogen (secondary N) is 1. The lowest BCUT2D eigenvalue weighted by Crippen LogP contribution is -2.43. The van der Waals surface area contributed by atoms with Crippen molar-refractivity contribution in [3.63, 3.8) is 0 Å². The molecule has 1 atom stereocenters. The fraction of sp³-hybridized carbons (Fsp3) is 0.609. The molecule has 166 valence electrons. The molecule has 30 heavy (non-hydrogen) atoms. The molecule has 7 nitrogen and oxygen atoms in total. The second-order valence-electron chi connectivity index (χ2n) is 9.09. The molecular formula is C23H34N2O5. The lowest BCUT2D eigenvalue weighted by atomic mass is 9.97. The molecular weight excluding hydrogens is 384 g/mol. The topological polar surface area (TPSA) is 84.9 Å². The van der Waals surface area contributed by atoms with E-state index in [2.05, 4.69) is 19.2 Å². The van der Waals surface area contributed by atoms with Crippen LogP contribution in [0.2, 0.25) is 0 Å². The highest BCUT2D eigenvalue weighted by molar-refractivity contribution is 5.95. The Morgan fingerprint density at radius 1 is 1.03 bits per heavy atom. The number of esters is 1. The molecule has 1 aliphatic rings. The Labute approximate surface area is 179 Å². The van der Waals surface area contributed by atoms with Gasteiger partial charge in [-0.05, 0) is 64.2 Å². The molecule has 0 spiro atoms. The molecule has 2 rings (SSSR count). The Kier molecular flexibility index (Phi) is 7.87. The van der Waals surface area contributed by atoms with Gasteiger partial charge in [-0.2, -0.15) is 0 Å². The second kappa shape index (κ2) is 9.96. The van der Waals surface area contributed by atoms with Crippen molar-refractivity contribution in [1.29, 1.82) is 0 Å². The first kappa shape index (κ1) is 23.7. The smallest absolute Gasteiger partial charge is 0.410 e. The third-order valence-corrected chi connectivity index (χ3v) is 4.99. The summed E-state index contributed by atoms with van der Waals surface area (Å²) in [5.41, 5.74) is 1.30. The molecule has 1 heterocycles. The summed E-state index contributed by atoms with van der Waals surface area (Å²) in [5, 5.41) is 2.77. The Hall–Kier alpha value is -2.57. The van der Waals surface area contributed by atoms with E-state index in [0.717, 1.165) is 0 Å². The Morgan fingerprint density at radius 2 is 1.60 bits per heavy atom. The minimum atomic E-state index is -0.897. The first-order valence-electron chi connectivity index (χ1n) is 10.6. The van der Waals surface area contributed by atoms with Crippen molar-refractivity contribution in [2.45, 2.75) is 72.0 Å². The predicted molar refractivity (Wildman–Crippen MR) is 115 cm³/mol. The number of piperidine rings is 1. The van der Waals surface area contributed by atoms with Crippen molar-refractivity contribution in [1.82, 2.24) is 4.90 Å². The van der Waals surface area contributed by atoms with Crippen LogP contribution in [-0.2, 0) is 19.1 Å². The van der Waals surface area contributed by atoms with Gasteiger partial charge in [0.25, 0.3) is 5.91 Å². The van der Waals surface area contributed by atoms with Gasteiger partial charge in [-0.3, -0.25) is 9.59 Å². The summed E-state index contributed by atoms with van der Waals surface area (Å²) in [6.45, 7) is 12.1. The van der Waals surface area contributed by atoms with Gasteiger partial charge < -0.3 is 19.7 Å². The van der Waals surface area contributed by atoms with Crippen LogP contribution in [0.3, 0.4) is 0 Å². The van der Waals surface area contributed by atoms with Crippen LogP contribution in [0.1, 0.15) is 65.9 Å². The van der Waals surface area contributed by atoms with E-state index in [1.807, 2.05) is 45.0 Å². The van der Waals surface area contributed by atoms with Gasteiger partial charge in [0.05, 0.1) is 5.92 Å². The van der Waals surface area contributed by atoms with Gasteiger partial charge in [-0.15, -0.1) is 0 Å². The van der Waals surface area contributed by atoms with E-state index in [-0.39, 0.29) is 17.9 Å². The van der Waals surface area contributed by atoms with Crippen molar-refractivity contribution < 1.29 is 23.9 Å². The maximum atomic E-state index is 12.5. The van der Waals surface area contributed by atoms with Gasteiger partial charge in [-0.1, -0.05) is 26.0 Å². The Bertz CT molecular complexity index is 744. The number of benzene rings is 1. The zero-order chi connectivity index (χ0) is 22.5. The van der Waals surface area contributed by atoms with Crippen molar-refractivity contribution in [2.75, 3.05) is 18.4 Å². The number of likely N-dealkylation sites (tertiary alicyclic amines) is 1. The van der Waals surface area contributed by atoms with E-state index < -0.39 is 17.7 Å². The molecule has 0 radical (unpaired) electrons. The minimum absolute atomic E-state index is 0.329. The van der Waals surface area contributed by atoms with E-state index >= 15 is 0 Å². The van der Waals surface area contributed by atoms with E-state index in [1.165, 1.54) is 5.56 Å². The fourth-order valence-corrected chi connectivity index (χ4v) is 3.14. The first-order chi connectivity index (χ1) is 14.0. The lowest BCUT2D eigenvalue weighted by molar-refractivity contribution is -0.158. The molecule has 1 aromatic carbocycles. The van der Waals surface area contributed by atoms with Crippen molar-refractivity contribution in [2.24, 2.45) is 5.92 Å². The number of amides is 2. The molecule has 1 N–H and O–H groups in total. The van der Waals surface area contributed by atoms with Gasteiger partial charge in [0.1, 0.15) is 5.60 Å². The van der Waals surface area contributed by atoms with Gasteiger partial charge in [0, 0.05) is 18.8 Å². The molecule has 1 fully saturated rings. The molecule has 0 saturated carbocycles. The number of hydrogen-bond donors (Lipinski definition) is 1. The molecule has 1 saturated heterocycles. The highest BCUT2D eigenvalue weighted by Crippen LogP contribution is 2.22. The summed E-state index contributed by atoms with van der Waals surface area (Å²) < 4.78 is 10.7. The van der Waals surface area contributed by atoms with Gasteiger partial charge >= 0.3 is 12.1 Å². The highest BCUT2D eigenvalue weighted by Gasteiger charge is 2.32. The number of rotatable bonds is 5. The summed E-state index contributed by atoms with van der Waals surface area (Å²) in [6.07, 6.45) is -0.289. The third kappa shape index (κ3) is 7.04. The highest BCUT2D eigenvalue weighted by atomic mass is 16.6. The van der Waals surface area contributed by atoms with Crippen LogP contribution in [0.15, 0.2) is 24.3 Å². The average molecular weight is 419 g/mol. The summed E-state index contributed by atoms with van der Waals surface area (Å²) in [4.78, 5) is 38.5. The lowest BCUT2D eigenvalue weighted by Gasteiger charge is -2.32. The molecule has 1 aliphatic heterocycles. The summed E-state index contributed by atoms with van der Waals surface area (Å²) >= 11 is 0. The summed E-state index contributed by atoms with van der Waals surface area (Å²) in [7, 11) is 0. The van der Waals surface area contributed by atoms with Crippen molar-refractivity contribution in [3.8, 4) is 0 Å². The normalized spacial score (nSPS) is 16.2. The molecule has 2 amide bonds. The quantitative estimate of drug-likeness (QED) is 0.720. The number of ether oxygens (including phenoxy) is 2. The standard InChI is InChI=1S/C23H34N2O5/c1-15(2)17-7-9-19(10-8-17)24-20(26)16(3)29-21(27)18-11-13-25(14-12-18)22(28)30-23(4,5)6/h7-10,15-16,18H,11-14H2,1-6H3,(H,24,26)/t16-/m1/s1. The van der Waals surface area contributed by atoms with Crippen LogP contribution in [0, 0.1) is 5.92 Å². The number of anilines is 1. The maximum absolute atomic E-state index is 12.5. The number of carbonyl (C=O) groups excluding carboxylic acids is 3. The predicted octanol–water partition coefficient (Wildman–Crippen LogP) is 4.33. The molecule has 0 unspecified atom stereocenters.